The van der Waals surface area contributed by atoms with E-state index in [0.717, 1.165) is 24.3 Å². The van der Waals surface area contributed by atoms with Gasteiger partial charge in [-0.05, 0) is 26.7 Å². The smallest absolute Gasteiger partial charge is 0.237 e. The standard InChI is InChI=1S/C9H18N2O2S/c1-9(2,8(10)12)11-7-3-5-14(13)6-4-7/h7,11H,3-6H2,1-2H3,(H2,10,12). The number of hydrogen-bond donors (Lipinski definition) is 2. The third kappa shape index (κ3) is 3.06. The van der Waals surface area contributed by atoms with E-state index in [-0.39, 0.29) is 11.9 Å². The van der Waals surface area contributed by atoms with E-state index in [9.17, 15) is 9.00 Å². The quantitative estimate of drug-likeness (QED) is 0.686. The molecule has 5 heteroatoms. The van der Waals surface area contributed by atoms with Crippen LogP contribution in [0.3, 0.4) is 0 Å². The Labute approximate surface area is 87.1 Å². The molecule has 0 bridgehead atoms. The largest absolute Gasteiger partial charge is 0.368 e. The lowest BCUT2D eigenvalue weighted by Crippen LogP contribution is -2.55. The van der Waals surface area contributed by atoms with Gasteiger partial charge in [0.2, 0.25) is 5.91 Å². The molecule has 1 aliphatic heterocycles. The van der Waals surface area contributed by atoms with Crippen LogP contribution in [0.4, 0.5) is 0 Å². The lowest BCUT2D eigenvalue weighted by molar-refractivity contribution is -0.123. The Morgan fingerprint density at radius 1 is 1.43 bits per heavy atom. The van der Waals surface area contributed by atoms with Gasteiger partial charge in [0, 0.05) is 28.3 Å². The minimum absolute atomic E-state index is 0.273. The molecule has 0 radical (unpaired) electrons. The summed E-state index contributed by atoms with van der Waals surface area (Å²) in [6, 6.07) is 0.273. The van der Waals surface area contributed by atoms with Gasteiger partial charge in [-0.15, -0.1) is 0 Å². The molecule has 0 aliphatic carbocycles. The van der Waals surface area contributed by atoms with Crippen molar-refractivity contribution < 1.29 is 9.00 Å². The second kappa shape index (κ2) is 4.40. The van der Waals surface area contributed by atoms with Crippen LogP contribution in [0, 0.1) is 0 Å². The van der Waals surface area contributed by atoms with Gasteiger partial charge in [0.25, 0.3) is 0 Å². The van der Waals surface area contributed by atoms with Crippen LogP contribution >= 0.6 is 0 Å². The van der Waals surface area contributed by atoms with Crippen LogP contribution in [0.2, 0.25) is 0 Å². The van der Waals surface area contributed by atoms with Crippen LogP contribution in [0.1, 0.15) is 26.7 Å². The van der Waals surface area contributed by atoms with Crippen molar-refractivity contribution in [3.8, 4) is 0 Å². The second-order valence-corrected chi connectivity index (χ2v) is 5.95. The first-order valence-corrected chi connectivity index (χ1v) is 6.33. The van der Waals surface area contributed by atoms with Crippen LogP contribution in [0.25, 0.3) is 0 Å². The Balaban J connectivity index is 2.45. The van der Waals surface area contributed by atoms with E-state index < -0.39 is 16.3 Å². The molecule has 14 heavy (non-hydrogen) atoms. The molecule has 82 valence electrons. The average Bonchev–Trinajstić information content (AvgIpc) is 2.08. The zero-order valence-corrected chi connectivity index (χ0v) is 9.52. The fourth-order valence-electron chi connectivity index (χ4n) is 1.52. The molecule has 1 rings (SSSR count). The Hall–Kier alpha value is -0.420. The number of hydrogen-bond acceptors (Lipinski definition) is 3. The van der Waals surface area contributed by atoms with Crippen molar-refractivity contribution in [1.29, 1.82) is 0 Å². The predicted octanol–water partition coefficient (Wildman–Crippen LogP) is -0.249. The summed E-state index contributed by atoms with van der Waals surface area (Å²) in [5.41, 5.74) is 4.59. The third-order valence-electron chi connectivity index (χ3n) is 2.57. The highest BCUT2D eigenvalue weighted by Crippen LogP contribution is 2.13. The first-order chi connectivity index (χ1) is 6.42. The zero-order valence-electron chi connectivity index (χ0n) is 8.71. The summed E-state index contributed by atoms with van der Waals surface area (Å²) in [5.74, 6) is 1.11. The SMILES string of the molecule is CC(C)(NC1CCS(=O)CC1)C(N)=O. The van der Waals surface area contributed by atoms with Crippen molar-refractivity contribution in [3.05, 3.63) is 0 Å². The van der Waals surface area contributed by atoms with Crippen molar-refractivity contribution in [2.75, 3.05) is 11.5 Å². The highest BCUT2D eigenvalue weighted by molar-refractivity contribution is 7.85. The van der Waals surface area contributed by atoms with E-state index in [0.29, 0.717) is 0 Å². The van der Waals surface area contributed by atoms with Gasteiger partial charge < -0.3 is 11.1 Å². The first kappa shape index (κ1) is 11.7. The summed E-state index contributed by atoms with van der Waals surface area (Å²) >= 11 is 0. The molecule has 0 unspecified atom stereocenters. The Morgan fingerprint density at radius 3 is 2.36 bits per heavy atom. The molecule has 0 aromatic rings. The summed E-state index contributed by atoms with van der Waals surface area (Å²) in [6.07, 6.45) is 1.73. The van der Waals surface area contributed by atoms with Gasteiger partial charge in [0.1, 0.15) is 0 Å². The Morgan fingerprint density at radius 2 is 1.93 bits per heavy atom. The number of carbonyl (C=O) groups excluding carboxylic acids is 1. The lowest BCUT2D eigenvalue weighted by Gasteiger charge is -2.31. The maximum Gasteiger partial charge on any atom is 0.237 e. The molecule has 4 nitrogen and oxygen atoms in total. The molecule has 3 N–H and O–H groups in total. The maximum atomic E-state index is 11.1. The molecule has 0 spiro atoms. The predicted molar refractivity (Wildman–Crippen MR) is 57.3 cm³/mol. The van der Waals surface area contributed by atoms with E-state index in [4.69, 9.17) is 5.73 Å². The number of carbonyl (C=O) groups is 1. The molecule has 0 aromatic carbocycles. The minimum atomic E-state index is -0.663. The van der Waals surface area contributed by atoms with E-state index in [1.165, 1.54) is 0 Å². The molecule has 1 amide bonds. The van der Waals surface area contributed by atoms with Crippen LogP contribution in [0.5, 0.6) is 0 Å². The number of amides is 1. The molecule has 0 saturated carbocycles. The summed E-state index contributed by atoms with van der Waals surface area (Å²) in [4.78, 5) is 11.1. The molecule has 0 aromatic heterocycles. The summed E-state index contributed by atoms with van der Waals surface area (Å²) in [5, 5.41) is 3.21. The molecule has 1 heterocycles. The Kier molecular flexibility index (Phi) is 3.66. The van der Waals surface area contributed by atoms with Crippen LogP contribution in [0.15, 0.2) is 0 Å². The molecular weight excluding hydrogens is 200 g/mol. The van der Waals surface area contributed by atoms with E-state index in [2.05, 4.69) is 5.32 Å². The molecule has 0 atom stereocenters. The molecular formula is C9H18N2O2S. The van der Waals surface area contributed by atoms with Crippen molar-refractivity contribution in [2.24, 2.45) is 5.73 Å². The number of primary amides is 1. The molecule has 1 fully saturated rings. The van der Waals surface area contributed by atoms with Gasteiger partial charge in [-0.2, -0.15) is 0 Å². The number of nitrogens with one attached hydrogen (secondary N) is 1. The van der Waals surface area contributed by atoms with E-state index >= 15 is 0 Å². The van der Waals surface area contributed by atoms with Crippen LogP contribution < -0.4 is 11.1 Å². The van der Waals surface area contributed by atoms with Gasteiger partial charge in [0.15, 0.2) is 0 Å². The maximum absolute atomic E-state index is 11.1. The fourth-order valence-corrected chi connectivity index (χ4v) is 2.82. The zero-order chi connectivity index (χ0) is 10.8. The normalized spacial score (nSPS) is 28.7. The van der Waals surface area contributed by atoms with Gasteiger partial charge in [0.05, 0.1) is 5.54 Å². The van der Waals surface area contributed by atoms with Crippen molar-refractivity contribution in [1.82, 2.24) is 5.32 Å². The minimum Gasteiger partial charge on any atom is -0.368 e. The van der Waals surface area contributed by atoms with Crippen molar-refractivity contribution >= 4 is 16.7 Å². The monoisotopic (exact) mass is 218 g/mol. The number of nitrogens with two attached hydrogens (primary N) is 1. The van der Waals surface area contributed by atoms with Gasteiger partial charge >= 0.3 is 0 Å². The van der Waals surface area contributed by atoms with Crippen molar-refractivity contribution in [3.63, 3.8) is 0 Å². The molecule has 1 saturated heterocycles. The average molecular weight is 218 g/mol. The number of rotatable bonds is 3. The highest BCUT2D eigenvalue weighted by atomic mass is 32.2. The summed E-state index contributed by atoms with van der Waals surface area (Å²) in [7, 11) is -0.656. The topological polar surface area (TPSA) is 72.2 Å². The third-order valence-corrected chi connectivity index (χ3v) is 3.95. The summed E-state index contributed by atoms with van der Waals surface area (Å²) < 4.78 is 11.1. The van der Waals surface area contributed by atoms with Gasteiger partial charge in [-0.25, -0.2) is 0 Å². The van der Waals surface area contributed by atoms with Gasteiger partial charge in [-0.3, -0.25) is 9.00 Å². The van der Waals surface area contributed by atoms with Crippen LogP contribution in [-0.2, 0) is 15.6 Å². The van der Waals surface area contributed by atoms with Crippen molar-refractivity contribution in [2.45, 2.75) is 38.3 Å². The fraction of sp³-hybridized carbons (Fsp3) is 0.889. The molecule has 1 aliphatic rings. The van der Waals surface area contributed by atoms with Crippen LogP contribution in [-0.4, -0.2) is 33.2 Å². The summed E-state index contributed by atoms with van der Waals surface area (Å²) in [6.45, 7) is 3.56. The Bertz CT molecular complexity index is 243. The first-order valence-electron chi connectivity index (χ1n) is 4.84. The lowest BCUT2D eigenvalue weighted by atomic mass is 10.0. The highest BCUT2D eigenvalue weighted by Gasteiger charge is 2.29. The van der Waals surface area contributed by atoms with E-state index in [1.807, 2.05) is 0 Å². The van der Waals surface area contributed by atoms with E-state index in [1.54, 1.807) is 13.8 Å². The second-order valence-electron chi connectivity index (χ2n) is 4.26. The van der Waals surface area contributed by atoms with Gasteiger partial charge in [-0.1, -0.05) is 0 Å².